The number of hydrogen-bond donors (Lipinski definition) is 0. The van der Waals surface area contributed by atoms with E-state index in [1.807, 2.05) is 42.5 Å². The molecule has 0 aliphatic heterocycles. The van der Waals surface area contributed by atoms with Gasteiger partial charge in [0.2, 0.25) is 0 Å². The van der Waals surface area contributed by atoms with E-state index in [-0.39, 0.29) is 0 Å². The second kappa shape index (κ2) is 10.9. The maximum absolute atomic E-state index is 10.4. The van der Waals surface area contributed by atoms with Gasteiger partial charge in [0.1, 0.15) is 6.07 Å². The maximum atomic E-state index is 10.4. The number of fused-ring (bicyclic) bond motifs is 6. The minimum absolute atomic E-state index is 0.614. The van der Waals surface area contributed by atoms with Crippen molar-refractivity contribution in [3.63, 3.8) is 0 Å². The minimum atomic E-state index is 0.614. The topological polar surface area (TPSA) is 57.4 Å². The van der Waals surface area contributed by atoms with Gasteiger partial charge < -0.3 is 9.13 Å². The Morgan fingerprint density at radius 2 is 0.917 bits per heavy atom. The van der Waals surface area contributed by atoms with Gasteiger partial charge in [0, 0.05) is 27.1 Å². The monoisotopic (exact) mass is 610 g/mol. The summed E-state index contributed by atoms with van der Waals surface area (Å²) in [5.74, 6) is 0. The average molecular weight is 611 g/mol. The SMILES string of the molecule is N#Cc1cc(-c2cccc(-c3ccccc3-n3c4ccccc4c4c(C#N)cccc43)c2)ccc1-n1c2ccccc2c2ccccc21. The molecule has 0 fully saturated rings. The summed E-state index contributed by atoms with van der Waals surface area (Å²) in [5, 5.41) is 24.8. The lowest BCUT2D eigenvalue weighted by Gasteiger charge is -2.15. The Balaban J connectivity index is 1.19. The van der Waals surface area contributed by atoms with Crippen molar-refractivity contribution >= 4 is 43.6 Å². The predicted molar refractivity (Wildman–Crippen MR) is 195 cm³/mol. The van der Waals surface area contributed by atoms with Crippen LogP contribution in [0.1, 0.15) is 11.1 Å². The number of aromatic nitrogens is 2. The molecule has 0 saturated carbocycles. The molecule has 0 saturated heterocycles. The molecule has 9 aromatic rings. The number of rotatable bonds is 4. The fourth-order valence-corrected chi connectivity index (χ4v) is 7.33. The molecule has 0 radical (unpaired) electrons. The van der Waals surface area contributed by atoms with E-state index in [4.69, 9.17) is 0 Å². The molecule has 222 valence electrons. The quantitative estimate of drug-likeness (QED) is 0.199. The molecule has 48 heavy (non-hydrogen) atoms. The first kappa shape index (κ1) is 27.4. The molecule has 0 aliphatic carbocycles. The summed E-state index contributed by atoms with van der Waals surface area (Å²) in [6, 6.07) is 58.9. The van der Waals surface area contributed by atoms with E-state index < -0.39 is 0 Å². The van der Waals surface area contributed by atoms with Crippen molar-refractivity contribution in [1.29, 1.82) is 10.5 Å². The number of benzene rings is 7. The van der Waals surface area contributed by atoms with Crippen molar-refractivity contribution in [2.75, 3.05) is 0 Å². The van der Waals surface area contributed by atoms with E-state index in [0.29, 0.717) is 11.1 Å². The van der Waals surface area contributed by atoms with Gasteiger partial charge in [-0.3, -0.25) is 0 Å². The fourth-order valence-electron chi connectivity index (χ4n) is 7.33. The Morgan fingerprint density at radius 3 is 1.65 bits per heavy atom. The van der Waals surface area contributed by atoms with Crippen LogP contribution in [0.2, 0.25) is 0 Å². The third kappa shape index (κ3) is 4.07. The van der Waals surface area contributed by atoms with Gasteiger partial charge in [-0.25, -0.2) is 0 Å². The Bertz CT molecular complexity index is 2760. The van der Waals surface area contributed by atoms with Crippen LogP contribution in [0.4, 0.5) is 0 Å². The van der Waals surface area contributed by atoms with E-state index in [1.165, 1.54) is 10.8 Å². The largest absolute Gasteiger partial charge is 0.309 e. The van der Waals surface area contributed by atoms with Crippen LogP contribution in [-0.4, -0.2) is 9.13 Å². The Morgan fingerprint density at radius 1 is 0.375 bits per heavy atom. The van der Waals surface area contributed by atoms with E-state index in [9.17, 15) is 10.5 Å². The van der Waals surface area contributed by atoms with Gasteiger partial charge in [0.15, 0.2) is 0 Å². The van der Waals surface area contributed by atoms with Gasteiger partial charge in [-0.1, -0.05) is 103 Å². The van der Waals surface area contributed by atoms with E-state index >= 15 is 0 Å². The maximum Gasteiger partial charge on any atom is 0.101 e. The summed E-state index contributed by atoms with van der Waals surface area (Å²) >= 11 is 0. The lowest BCUT2D eigenvalue weighted by Crippen LogP contribution is -1.98. The smallest absolute Gasteiger partial charge is 0.101 e. The van der Waals surface area contributed by atoms with Crippen molar-refractivity contribution in [2.24, 2.45) is 0 Å². The van der Waals surface area contributed by atoms with E-state index in [0.717, 1.165) is 66.5 Å². The zero-order chi connectivity index (χ0) is 32.2. The van der Waals surface area contributed by atoms with Gasteiger partial charge in [0.05, 0.1) is 50.6 Å². The van der Waals surface area contributed by atoms with Crippen LogP contribution >= 0.6 is 0 Å². The lowest BCUT2D eigenvalue weighted by atomic mass is 9.96. The third-order valence-electron chi connectivity index (χ3n) is 9.41. The Labute approximate surface area is 277 Å². The van der Waals surface area contributed by atoms with Crippen LogP contribution in [-0.2, 0) is 0 Å². The van der Waals surface area contributed by atoms with E-state index in [2.05, 4.69) is 137 Å². The number of para-hydroxylation sites is 4. The predicted octanol–water partition coefficient (Wildman–Crippen LogP) is 11.0. The highest BCUT2D eigenvalue weighted by atomic mass is 15.0. The zero-order valence-corrected chi connectivity index (χ0v) is 25.8. The number of hydrogen-bond acceptors (Lipinski definition) is 2. The number of nitriles is 2. The van der Waals surface area contributed by atoms with Crippen molar-refractivity contribution in [1.82, 2.24) is 9.13 Å². The normalized spacial score (nSPS) is 11.3. The van der Waals surface area contributed by atoms with Crippen LogP contribution < -0.4 is 0 Å². The van der Waals surface area contributed by atoms with Gasteiger partial charge >= 0.3 is 0 Å². The first-order valence-corrected chi connectivity index (χ1v) is 15.9. The molecular formula is C44H26N4. The third-order valence-corrected chi connectivity index (χ3v) is 9.41. The summed E-state index contributed by atoms with van der Waals surface area (Å²) in [4.78, 5) is 0. The Hall–Kier alpha value is -6.88. The molecule has 0 N–H and O–H groups in total. The van der Waals surface area contributed by atoms with Crippen molar-refractivity contribution in [3.8, 4) is 45.8 Å². The molecule has 0 amide bonds. The highest BCUT2D eigenvalue weighted by molar-refractivity contribution is 6.12. The highest BCUT2D eigenvalue weighted by Gasteiger charge is 2.18. The minimum Gasteiger partial charge on any atom is -0.309 e. The second-order valence-corrected chi connectivity index (χ2v) is 12.0. The van der Waals surface area contributed by atoms with Crippen LogP contribution in [0.3, 0.4) is 0 Å². The van der Waals surface area contributed by atoms with Crippen molar-refractivity contribution in [3.05, 3.63) is 169 Å². The molecule has 0 aliphatic rings. The van der Waals surface area contributed by atoms with Gasteiger partial charge in [0.25, 0.3) is 0 Å². The molecule has 9 rings (SSSR count). The molecular weight excluding hydrogens is 585 g/mol. The lowest BCUT2D eigenvalue weighted by molar-refractivity contribution is 1.17. The Kier molecular flexibility index (Phi) is 6.22. The zero-order valence-electron chi connectivity index (χ0n) is 25.8. The average Bonchev–Trinajstić information content (AvgIpc) is 3.68. The molecule has 4 nitrogen and oxygen atoms in total. The molecule has 4 heteroatoms. The first-order chi connectivity index (χ1) is 23.7. The van der Waals surface area contributed by atoms with Crippen LogP contribution in [0.5, 0.6) is 0 Å². The van der Waals surface area contributed by atoms with Gasteiger partial charge in [-0.05, 0) is 71.3 Å². The van der Waals surface area contributed by atoms with Gasteiger partial charge in [-0.2, -0.15) is 10.5 Å². The summed E-state index contributed by atoms with van der Waals surface area (Å²) in [6.07, 6.45) is 0. The molecule has 0 spiro atoms. The fraction of sp³-hybridized carbons (Fsp3) is 0. The standard InChI is InChI=1S/C44H26N4/c45-27-32-13-10-22-43-44(32)37-17-4-8-21-42(37)48(43)39-18-5-1-14-34(39)31-12-9-11-29(25-31)30-23-24-38(33(26-30)28-46)47-40-19-6-2-15-35(40)36-16-3-7-20-41(36)47/h1-26H. The summed E-state index contributed by atoms with van der Waals surface area (Å²) in [7, 11) is 0. The van der Waals surface area contributed by atoms with Gasteiger partial charge in [-0.15, -0.1) is 0 Å². The molecule has 0 bridgehead atoms. The molecule has 0 unspecified atom stereocenters. The molecule has 0 atom stereocenters. The molecule has 2 aromatic heterocycles. The number of nitrogens with zero attached hydrogens (tertiary/aromatic N) is 4. The van der Waals surface area contributed by atoms with Crippen LogP contribution in [0.25, 0.3) is 77.2 Å². The van der Waals surface area contributed by atoms with Crippen molar-refractivity contribution < 1.29 is 0 Å². The first-order valence-electron chi connectivity index (χ1n) is 15.9. The molecule has 7 aromatic carbocycles. The second-order valence-electron chi connectivity index (χ2n) is 12.0. The molecule has 2 heterocycles. The van der Waals surface area contributed by atoms with Crippen LogP contribution in [0.15, 0.2) is 158 Å². The summed E-state index contributed by atoms with van der Waals surface area (Å²) < 4.78 is 4.46. The highest BCUT2D eigenvalue weighted by Crippen LogP contribution is 2.39. The summed E-state index contributed by atoms with van der Waals surface area (Å²) in [6.45, 7) is 0. The van der Waals surface area contributed by atoms with Crippen LogP contribution in [0, 0.1) is 22.7 Å². The van der Waals surface area contributed by atoms with E-state index in [1.54, 1.807) is 0 Å². The summed E-state index contributed by atoms with van der Waals surface area (Å²) in [5.41, 5.74) is 11.5. The van der Waals surface area contributed by atoms with Crippen molar-refractivity contribution in [2.45, 2.75) is 0 Å².